The third-order valence-corrected chi connectivity index (χ3v) is 6.99. The Balaban J connectivity index is 1.91. The largest absolute Gasteiger partial charge is 0.251 e. The van der Waals surface area contributed by atoms with E-state index in [1.54, 1.807) is 0 Å². The van der Waals surface area contributed by atoms with E-state index < -0.39 is 0 Å². The fourth-order valence-corrected chi connectivity index (χ4v) is 5.30. The Morgan fingerprint density at radius 2 is 1.41 bits per heavy atom. The number of benzene rings is 2. The molecule has 0 bridgehead atoms. The lowest BCUT2D eigenvalue weighted by Crippen LogP contribution is -2.39. The van der Waals surface area contributed by atoms with Crippen molar-refractivity contribution in [3.63, 3.8) is 0 Å². The van der Waals surface area contributed by atoms with Gasteiger partial charge in [-0.2, -0.15) is 0 Å². The molecule has 1 heterocycles. The van der Waals surface area contributed by atoms with Gasteiger partial charge in [0.15, 0.2) is 0 Å². The second-order valence-corrected chi connectivity index (χ2v) is 8.79. The van der Waals surface area contributed by atoms with Gasteiger partial charge in [-0.25, -0.2) is 0 Å². The number of halogens is 2. The van der Waals surface area contributed by atoms with Crippen LogP contribution in [0.2, 0.25) is 0 Å². The molecule has 1 saturated heterocycles. The van der Waals surface area contributed by atoms with Crippen LogP contribution in [-0.2, 0) is 5.41 Å². The third kappa shape index (κ3) is 2.22. The van der Waals surface area contributed by atoms with Crippen LogP contribution in [0.5, 0.6) is 0 Å². The molecule has 2 aromatic rings. The van der Waals surface area contributed by atoms with Crippen LogP contribution in [0, 0.1) is 0 Å². The highest BCUT2D eigenvalue weighted by Gasteiger charge is 2.45. The molecule has 0 unspecified atom stereocenters. The van der Waals surface area contributed by atoms with Gasteiger partial charge in [-0.15, -0.1) is 0 Å². The number of nitrogens with zero attached hydrogens (tertiary/aromatic N) is 1. The van der Waals surface area contributed by atoms with Gasteiger partial charge in [-0.05, 0) is 65.6 Å². The molecule has 114 valence electrons. The Labute approximate surface area is 152 Å². The zero-order valence-electron chi connectivity index (χ0n) is 12.4. The molecule has 4 rings (SSSR count). The van der Waals surface area contributed by atoms with Gasteiger partial charge in [0, 0.05) is 27.4 Å². The summed E-state index contributed by atoms with van der Waals surface area (Å²) in [5.74, 6) is 0. The lowest BCUT2D eigenvalue weighted by Gasteiger charge is -2.40. The van der Waals surface area contributed by atoms with Crippen LogP contribution in [0.3, 0.4) is 0 Å². The van der Waals surface area contributed by atoms with Gasteiger partial charge < -0.3 is 0 Å². The molecule has 0 saturated carbocycles. The summed E-state index contributed by atoms with van der Waals surface area (Å²) in [6.45, 7) is 2.30. The van der Waals surface area contributed by atoms with Crippen molar-refractivity contribution in [3.05, 3.63) is 56.5 Å². The average molecular weight is 439 g/mol. The minimum atomic E-state index is 0.185. The lowest BCUT2D eigenvalue weighted by atomic mass is 9.71. The van der Waals surface area contributed by atoms with Gasteiger partial charge in [0.2, 0.25) is 0 Å². The van der Waals surface area contributed by atoms with E-state index in [1.807, 2.05) is 11.9 Å². The van der Waals surface area contributed by atoms with Gasteiger partial charge in [-0.3, -0.25) is 4.31 Å². The van der Waals surface area contributed by atoms with Crippen molar-refractivity contribution in [3.8, 4) is 11.1 Å². The molecule has 1 aliphatic heterocycles. The zero-order valence-corrected chi connectivity index (χ0v) is 16.4. The maximum atomic E-state index is 3.68. The summed E-state index contributed by atoms with van der Waals surface area (Å²) in [4.78, 5) is 0. The zero-order chi connectivity index (χ0) is 15.3. The highest BCUT2D eigenvalue weighted by Crippen LogP contribution is 2.55. The Kier molecular flexibility index (Phi) is 3.92. The SMILES string of the molecule is CSN1CCC2(CC1)c1cc(Br)ccc1-c1ccc(Br)cc12. The number of hydrogen-bond acceptors (Lipinski definition) is 2. The number of fused-ring (bicyclic) bond motifs is 5. The number of piperidine rings is 1. The normalized spacial score (nSPS) is 19.2. The molecule has 0 aromatic heterocycles. The summed E-state index contributed by atoms with van der Waals surface area (Å²) < 4.78 is 4.85. The van der Waals surface area contributed by atoms with E-state index in [4.69, 9.17) is 0 Å². The molecule has 0 amide bonds. The first-order valence-corrected chi connectivity index (χ1v) is 10.3. The van der Waals surface area contributed by atoms with Gasteiger partial charge in [-0.1, -0.05) is 55.9 Å². The van der Waals surface area contributed by atoms with E-state index in [0.717, 1.165) is 13.1 Å². The monoisotopic (exact) mass is 437 g/mol. The second-order valence-electron chi connectivity index (χ2n) is 6.07. The molecule has 22 heavy (non-hydrogen) atoms. The summed E-state index contributed by atoms with van der Waals surface area (Å²) in [7, 11) is 0. The van der Waals surface area contributed by atoms with E-state index >= 15 is 0 Å². The summed E-state index contributed by atoms with van der Waals surface area (Å²) in [6, 6.07) is 13.6. The van der Waals surface area contributed by atoms with Crippen LogP contribution in [0.1, 0.15) is 24.0 Å². The van der Waals surface area contributed by atoms with Crippen molar-refractivity contribution in [1.82, 2.24) is 4.31 Å². The maximum Gasteiger partial charge on any atom is 0.0241 e. The smallest absolute Gasteiger partial charge is 0.0241 e. The Morgan fingerprint density at radius 3 is 1.86 bits per heavy atom. The van der Waals surface area contributed by atoms with E-state index in [0.29, 0.717) is 0 Å². The predicted octanol–water partition coefficient (Wildman–Crippen LogP) is 5.85. The average Bonchev–Trinajstić information content (AvgIpc) is 2.78. The minimum Gasteiger partial charge on any atom is -0.251 e. The van der Waals surface area contributed by atoms with Crippen LogP contribution >= 0.6 is 43.8 Å². The molecule has 4 heteroatoms. The molecule has 2 aromatic carbocycles. The molecule has 1 aliphatic carbocycles. The molecule has 0 radical (unpaired) electrons. The highest BCUT2D eigenvalue weighted by molar-refractivity contribution is 9.10. The second kappa shape index (κ2) is 5.66. The van der Waals surface area contributed by atoms with Crippen molar-refractivity contribution in [2.24, 2.45) is 0 Å². The predicted molar refractivity (Wildman–Crippen MR) is 102 cm³/mol. The van der Waals surface area contributed by atoms with Gasteiger partial charge in [0.05, 0.1) is 0 Å². The van der Waals surface area contributed by atoms with Crippen LogP contribution in [-0.4, -0.2) is 23.7 Å². The van der Waals surface area contributed by atoms with E-state index in [-0.39, 0.29) is 5.41 Å². The van der Waals surface area contributed by atoms with Gasteiger partial charge >= 0.3 is 0 Å². The van der Waals surface area contributed by atoms with Crippen LogP contribution < -0.4 is 0 Å². The molecule has 1 spiro atoms. The highest BCUT2D eigenvalue weighted by atomic mass is 79.9. The fourth-order valence-electron chi connectivity index (χ4n) is 4.03. The quantitative estimate of drug-likeness (QED) is 0.513. The number of rotatable bonds is 1. The summed E-state index contributed by atoms with van der Waals surface area (Å²) in [5, 5.41) is 0. The van der Waals surface area contributed by atoms with Crippen molar-refractivity contribution in [2.45, 2.75) is 18.3 Å². The first kappa shape index (κ1) is 15.3. The van der Waals surface area contributed by atoms with Crippen LogP contribution in [0.4, 0.5) is 0 Å². The first-order chi connectivity index (χ1) is 10.6. The standard InChI is InChI=1S/C18H17Br2NS/c1-22-21-8-6-18(7-9-21)16-10-12(19)2-4-14(16)15-5-3-13(20)11-17(15)18/h2-5,10-11H,6-9H2,1H3. The van der Waals surface area contributed by atoms with Crippen molar-refractivity contribution < 1.29 is 0 Å². The molecule has 0 N–H and O–H groups in total. The topological polar surface area (TPSA) is 3.24 Å². The summed E-state index contributed by atoms with van der Waals surface area (Å²) in [5.41, 5.74) is 6.04. The number of hydrogen-bond donors (Lipinski definition) is 0. The molecular formula is C18H17Br2NS. The lowest BCUT2D eigenvalue weighted by molar-refractivity contribution is 0.287. The van der Waals surface area contributed by atoms with Crippen molar-refractivity contribution in [1.29, 1.82) is 0 Å². The molecule has 2 aliphatic rings. The summed E-state index contributed by atoms with van der Waals surface area (Å²) in [6.07, 6.45) is 4.57. The van der Waals surface area contributed by atoms with Crippen molar-refractivity contribution >= 4 is 43.8 Å². The summed E-state index contributed by atoms with van der Waals surface area (Å²) >= 11 is 9.22. The molecule has 1 fully saturated rings. The maximum absolute atomic E-state index is 3.68. The van der Waals surface area contributed by atoms with Gasteiger partial charge in [0.1, 0.15) is 0 Å². The van der Waals surface area contributed by atoms with Crippen LogP contribution in [0.15, 0.2) is 45.3 Å². The minimum absolute atomic E-state index is 0.185. The van der Waals surface area contributed by atoms with Gasteiger partial charge in [0.25, 0.3) is 0 Å². The van der Waals surface area contributed by atoms with E-state index in [2.05, 4.69) is 78.8 Å². The van der Waals surface area contributed by atoms with Crippen molar-refractivity contribution in [2.75, 3.05) is 19.3 Å². The molecule has 0 atom stereocenters. The molecular weight excluding hydrogens is 422 g/mol. The molecule has 1 nitrogen and oxygen atoms in total. The Bertz CT molecular complexity index is 682. The van der Waals surface area contributed by atoms with E-state index in [9.17, 15) is 0 Å². The fraction of sp³-hybridized carbons (Fsp3) is 0.333. The third-order valence-electron chi connectivity index (χ3n) is 5.12. The Hall–Kier alpha value is -0.290. The Morgan fingerprint density at radius 1 is 0.909 bits per heavy atom. The van der Waals surface area contributed by atoms with Crippen LogP contribution in [0.25, 0.3) is 11.1 Å². The van der Waals surface area contributed by atoms with E-state index in [1.165, 1.54) is 44.0 Å². The first-order valence-electron chi connectivity index (χ1n) is 7.53.